The van der Waals surface area contributed by atoms with E-state index in [0.29, 0.717) is 55.6 Å². The van der Waals surface area contributed by atoms with Crippen LogP contribution >= 0.6 is 0 Å². The van der Waals surface area contributed by atoms with Crippen molar-refractivity contribution in [3.8, 4) is 0 Å². The van der Waals surface area contributed by atoms with Crippen LogP contribution in [0.5, 0.6) is 0 Å². The van der Waals surface area contributed by atoms with E-state index >= 15 is 0 Å². The second-order valence-electron chi connectivity index (χ2n) is 21.2. The summed E-state index contributed by atoms with van der Waals surface area (Å²) < 4.78 is 25.8. The predicted molar refractivity (Wildman–Crippen MR) is 218 cm³/mol. The summed E-state index contributed by atoms with van der Waals surface area (Å²) in [6, 6.07) is 9.68. The first-order valence-electron chi connectivity index (χ1n) is 21.9. The molecule has 6 aliphatic carbocycles. The fourth-order valence-corrected chi connectivity index (χ4v) is 15.0. The van der Waals surface area contributed by atoms with Gasteiger partial charge in [-0.1, -0.05) is 89.3 Å². The molecule has 302 valence electrons. The number of alkyl halides is 1. The molecule has 7 aliphatic rings. The number of hydrogen-bond acceptors (Lipinski definition) is 5. The summed E-state index contributed by atoms with van der Waals surface area (Å²) in [6.07, 6.45) is 18.3. The molecule has 0 aromatic heterocycles. The summed E-state index contributed by atoms with van der Waals surface area (Å²) in [6.45, 7) is 21.2. The van der Waals surface area contributed by atoms with Gasteiger partial charge in [0.05, 0.1) is 18.6 Å². The lowest BCUT2D eigenvalue weighted by atomic mass is 9.33. The van der Waals surface area contributed by atoms with Crippen LogP contribution < -0.4 is 5.32 Å². The van der Waals surface area contributed by atoms with Crippen LogP contribution in [0.2, 0.25) is 0 Å². The minimum atomic E-state index is -1.09. The average molecular weight is 756 g/mol. The molecule has 0 radical (unpaired) electrons. The minimum Gasteiger partial charge on any atom is -0.460 e. The van der Waals surface area contributed by atoms with Crippen molar-refractivity contribution in [1.82, 2.24) is 5.32 Å². The Kier molecular flexibility index (Phi) is 10.0. The molecule has 10 unspecified atom stereocenters. The molecule has 1 aliphatic heterocycles. The third-order valence-electron chi connectivity index (χ3n) is 18.3. The highest BCUT2D eigenvalue weighted by Gasteiger charge is 2.70. The summed E-state index contributed by atoms with van der Waals surface area (Å²) in [7, 11) is 0. The second-order valence-corrected chi connectivity index (χ2v) is 21.2. The van der Waals surface area contributed by atoms with Gasteiger partial charge >= 0.3 is 5.97 Å². The van der Waals surface area contributed by atoms with E-state index in [9.17, 15) is 14.3 Å². The zero-order chi connectivity index (χ0) is 39.1. The zero-order valence-electron chi connectivity index (χ0n) is 34.9. The zero-order valence-corrected chi connectivity index (χ0v) is 34.9. The molecule has 4 saturated carbocycles. The van der Waals surface area contributed by atoms with Crippen LogP contribution in [-0.4, -0.2) is 48.6 Å². The highest BCUT2D eigenvalue weighted by molar-refractivity contribution is 5.78. The number of rotatable bonds is 10. The topological polar surface area (TPSA) is 67.8 Å². The Balaban J connectivity index is 1.01. The first kappa shape index (κ1) is 39.5. The number of esters is 1. The lowest BCUT2D eigenvalue weighted by Gasteiger charge is -2.72. The normalized spacial score (nSPS) is 42.7. The molecule has 5 nitrogen and oxygen atoms in total. The third-order valence-corrected chi connectivity index (χ3v) is 18.3. The molecule has 1 saturated heterocycles. The number of benzene rings is 1. The molecule has 8 rings (SSSR count). The lowest BCUT2D eigenvalue weighted by Crippen LogP contribution is -2.68. The minimum absolute atomic E-state index is 0.000859. The van der Waals surface area contributed by atoms with Crippen LogP contribution in [0.1, 0.15) is 131 Å². The monoisotopic (exact) mass is 756 g/mol. The van der Waals surface area contributed by atoms with Crippen molar-refractivity contribution in [3.05, 3.63) is 71.3 Å². The van der Waals surface area contributed by atoms with E-state index in [2.05, 4.69) is 65.6 Å². The largest absolute Gasteiger partial charge is 0.460 e. The molecule has 0 spiro atoms. The highest BCUT2D eigenvalue weighted by Crippen LogP contribution is 2.76. The number of hydrogen-bond donors (Lipinski definition) is 2. The van der Waals surface area contributed by atoms with E-state index in [1.807, 2.05) is 30.3 Å². The van der Waals surface area contributed by atoms with Crippen molar-refractivity contribution in [2.75, 3.05) is 26.4 Å². The number of allylic oxidation sites excluding steroid dienone is 5. The van der Waals surface area contributed by atoms with Gasteiger partial charge in [-0.3, -0.25) is 4.79 Å². The molecule has 2 N–H and O–H groups in total. The van der Waals surface area contributed by atoms with Crippen molar-refractivity contribution in [1.29, 1.82) is 0 Å². The van der Waals surface area contributed by atoms with Crippen molar-refractivity contribution < 1.29 is 23.8 Å². The van der Waals surface area contributed by atoms with Gasteiger partial charge in [0.1, 0.15) is 18.9 Å². The Morgan fingerprint density at radius 3 is 2.35 bits per heavy atom. The molecule has 6 heteroatoms. The van der Waals surface area contributed by atoms with Gasteiger partial charge in [0, 0.05) is 5.54 Å². The summed E-state index contributed by atoms with van der Waals surface area (Å²) in [5.41, 5.74) is 4.20. The Hall–Kier alpha value is -2.28. The maximum absolute atomic E-state index is 14.7. The standard InChI is InChI=1S/C49H70FNO4/c1-33(2)36-17-24-49(51-28-27-48(53)31-54-32-48)26-25-45(6)38(41(36)49)13-14-40-44(5)20-18-37(43(3,4)39(44)19-21-46(40,45)7)35-15-22-47(30-50,23-16-35)42(52)55-29-34-11-9-8-10-12-34/h8-12,15,18,36,38-41,51,53H,1,13-14,16-17,19-32H2,2-7H3. The van der Waals surface area contributed by atoms with Crippen LogP contribution in [0.15, 0.2) is 65.8 Å². The van der Waals surface area contributed by atoms with Gasteiger partial charge in [0.25, 0.3) is 0 Å². The third kappa shape index (κ3) is 6.10. The van der Waals surface area contributed by atoms with Crippen molar-refractivity contribution >= 4 is 5.97 Å². The first-order valence-corrected chi connectivity index (χ1v) is 21.9. The van der Waals surface area contributed by atoms with Gasteiger partial charge in [-0.25, -0.2) is 4.39 Å². The van der Waals surface area contributed by atoms with E-state index in [-0.39, 0.29) is 33.8 Å². The van der Waals surface area contributed by atoms with Gasteiger partial charge in [-0.15, -0.1) is 0 Å². The quantitative estimate of drug-likeness (QED) is 0.184. The fraction of sp³-hybridized carbons (Fsp3) is 0.735. The maximum atomic E-state index is 14.7. The smallest absolute Gasteiger partial charge is 0.315 e. The molecule has 55 heavy (non-hydrogen) atoms. The first-order chi connectivity index (χ1) is 26.1. The molecule has 10 atom stereocenters. The molecular formula is C49H70FNO4. The van der Waals surface area contributed by atoms with E-state index < -0.39 is 23.7 Å². The second kappa shape index (κ2) is 13.9. The number of fused-ring (bicyclic) bond motifs is 7. The highest BCUT2D eigenvalue weighted by atomic mass is 19.1. The molecule has 1 aromatic carbocycles. The molecule has 1 aromatic rings. The van der Waals surface area contributed by atoms with Gasteiger partial charge in [-0.2, -0.15) is 0 Å². The van der Waals surface area contributed by atoms with Gasteiger partial charge in [-0.05, 0) is 165 Å². The van der Waals surface area contributed by atoms with Crippen molar-refractivity contribution in [3.63, 3.8) is 0 Å². The molecule has 5 fully saturated rings. The van der Waals surface area contributed by atoms with Crippen LogP contribution in [0.25, 0.3) is 0 Å². The number of halogens is 1. The number of carbonyl (C=O) groups excluding carboxylic acids is 1. The van der Waals surface area contributed by atoms with E-state index in [4.69, 9.17) is 9.47 Å². The summed E-state index contributed by atoms with van der Waals surface area (Å²) in [4.78, 5) is 13.4. The Labute approximate surface area is 331 Å². The Morgan fingerprint density at radius 1 is 0.927 bits per heavy atom. The summed E-state index contributed by atoms with van der Waals surface area (Å²) >= 11 is 0. The summed E-state index contributed by atoms with van der Waals surface area (Å²) in [5.74, 6) is 2.65. The van der Waals surface area contributed by atoms with Gasteiger partial charge < -0.3 is 19.9 Å². The molecular weight excluding hydrogens is 686 g/mol. The Bertz CT molecular complexity index is 1710. The van der Waals surface area contributed by atoms with Crippen LogP contribution in [0, 0.1) is 56.7 Å². The Morgan fingerprint density at radius 2 is 1.69 bits per heavy atom. The molecule has 1 heterocycles. The predicted octanol–water partition coefficient (Wildman–Crippen LogP) is 10.5. The number of carbonyl (C=O) groups is 1. The molecule has 0 amide bonds. The van der Waals surface area contributed by atoms with Crippen molar-refractivity contribution in [2.24, 2.45) is 56.7 Å². The lowest BCUT2D eigenvalue weighted by molar-refractivity contribution is -0.221. The fourth-order valence-electron chi connectivity index (χ4n) is 15.0. The number of nitrogens with one attached hydrogen (secondary N) is 1. The number of aliphatic hydroxyl groups is 1. The summed E-state index contributed by atoms with van der Waals surface area (Å²) in [5, 5.41) is 15.0. The maximum Gasteiger partial charge on any atom is 0.315 e. The number of ether oxygens (including phenoxy) is 2. The van der Waals surface area contributed by atoms with E-state index in [1.54, 1.807) is 0 Å². The molecule has 0 bridgehead atoms. The van der Waals surface area contributed by atoms with E-state index in [1.165, 1.54) is 68.1 Å². The van der Waals surface area contributed by atoms with Crippen molar-refractivity contribution in [2.45, 2.75) is 143 Å². The van der Waals surface area contributed by atoms with E-state index in [0.717, 1.165) is 31.4 Å². The van der Waals surface area contributed by atoms with Crippen LogP contribution in [0.3, 0.4) is 0 Å². The SMILES string of the molecule is C=C(C)C1CCC2(NCCC3(O)COC3)CCC3(C)C(CCC4C5(C)CC=C(C6=CCC(CF)(C(=O)OCc7ccccc7)CC6)C(C)(C)C5CCC43C)C12. The van der Waals surface area contributed by atoms with Gasteiger partial charge in [0.2, 0.25) is 0 Å². The van der Waals surface area contributed by atoms with Gasteiger partial charge in [0.15, 0.2) is 0 Å². The van der Waals surface area contributed by atoms with Crippen LogP contribution in [-0.2, 0) is 20.9 Å². The van der Waals surface area contributed by atoms with Crippen LogP contribution in [0.4, 0.5) is 4.39 Å². The average Bonchev–Trinajstić information content (AvgIpc) is 3.54.